The summed E-state index contributed by atoms with van der Waals surface area (Å²) >= 11 is 0. The van der Waals surface area contributed by atoms with Gasteiger partial charge < -0.3 is 0 Å². The minimum Gasteiger partial charge on any atom is -0.261 e. The zero-order valence-electron chi connectivity index (χ0n) is 7.79. The van der Waals surface area contributed by atoms with E-state index in [-0.39, 0.29) is 5.56 Å². The molecule has 0 N–H and O–H groups in total. The third-order valence-electron chi connectivity index (χ3n) is 2.28. The van der Waals surface area contributed by atoms with Crippen LogP contribution in [-0.4, -0.2) is 4.92 Å². The van der Waals surface area contributed by atoms with Crippen LogP contribution in [0.4, 0.5) is 0 Å². The van der Waals surface area contributed by atoms with E-state index in [9.17, 15) is 15.2 Å². The largest absolute Gasteiger partial charge is 0.369 e. The quantitative estimate of drug-likeness (QED) is 0.426. The summed E-state index contributed by atoms with van der Waals surface area (Å²) in [7, 11) is 0. The van der Waals surface area contributed by atoms with Crippen LogP contribution in [0, 0.1) is 10.1 Å². The molecule has 1 unspecified atom stereocenters. The van der Waals surface area contributed by atoms with Crippen LogP contribution in [0.1, 0.15) is 11.8 Å². The van der Waals surface area contributed by atoms with Crippen molar-refractivity contribution in [3.63, 3.8) is 0 Å². The molecule has 2 aromatic rings. The zero-order chi connectivity index (χ0) is 10.8. The van der Waals surface area contributed by atoms with Crippen LogP contribution < -0.4 is 0 Å². The maximum absolute atomic E-state index is 11.3. The summed E-state index contributed by atoms with van der Waals surface area (Å²) in [5, 5.41) is 23.3. The van der Waals surface area contributed by atoms with Crippen LogP contribution in [0.5, 0.6) is 0 Å². The van der Waals surface area contributed by atoms with E-state index in [1.54, 1.807) is 18.2 Å². The minimum atomic E-state index is -1.91. The Morgan fingerprint density at radius 3 is 2.47 bits per heavy atom. The molecular weight excluding hydrogens is 194 g/mol. The van der Waals surface area contributed by atoms with E-state index < -0.39 is 11.2 Å². The second-order valence-corrected chi connectivity index (χ2v) is 3.21. The average Bonchev–Trinajstić information content (AvgIpc) is 2.27. The third-order valence-corrected chi connectivity index (χ3v) is 2.28. The van der Waals surface area contributed by atoms with Gasteiger partial charge in [0.1, 0.15) is 0 Å². The molecule has 0 saturated heterocycles. The Labute approximate surface area is 85.9 Å². The van der Waals surface area contributed by atoms with E-state index in [1.807, 2.05) is 18.2 Å². The smallest absolute Gasteiger partial charge is 0.261 e. The fourth-order valence-electron chi connectivity index (χ4n) is 1.58. The molecule has 0 spiro atoms. The zero-order valence-corrected chi connectivity index (χ0v) is 7.79. The Kier molecular flexibility index (Phi) is 2.35. The summed E-state index contributed by atoms with van der Waals surface area (Å²) in [5.41, 5.74) is 0.220. The van der Waals surface area contributed by atoms with Crippen molar-refractivity contribution in [2.24, 2.45) is 0 Å². The lowest BCUT2D eigenvalue weighted by Crippen LogP contribution is -2.07. The second-order valence-electron chi connectivity index (χ2n) is 3.21. The van der Waals surface area contributed by atoms with Gasteiger partial charge in [-0.05, 0) is 16.8 Å². The highest BCUT2D eigenvalue weighted by Crippen LogP contribution is 2.24. The first-order chi connectivity index (χ1) is 7.20. The molecule has 0 bridgehead atoms. The summed E-state index contributed by atoms with van der Waals surface area (Å²) in [6, 6.07) is 12.1. The number of nitrogens with zero attached hydrogens (tertiary/aromatic N) is 1. The molecule has 75 valence electrons. The molecule has 15 heavy (non-hydrogen) atoms. The molecule has 2 rings (SSSR count). The maximum Gasteiger partial charge on any atom is 0.369 e. The highest BCUT2D eigenvalue weighted by Gasteiger charge is 2.22. The SMILES string of the molecule is [O]C(c1cccc2ccccc12)[N+](=O)[O-]. The fourth-order valence-corrected chi connectivity index (χ4v) is 1.58. The van der Waals surface area contributed by atoms with Gasteiger partial charge in [-0.3, -0.25) is 10.1 Å². The summed E-state index contributed by atoms with van der Waals surface area (Å²) in [6.45, 7) is 0. The molecule has 0 saturated carbocycles. The fraction of sp³-hybridized carbons (Fsp3) is 0.0909. The summed E-state index contributed by atoms with van der Waals surface area (Å²) in [6.07, 6.45) is -1.91. The Morgan fingerprint density at radius 1 is 1.07 bits per heavy atom. The molecule has 4 nitrogen and oxygen atoms in total. The highest BCUT2D eigenvalue weighted by atomic mass is 16.7. The van der Waals surface area contributed by atoms with Gasteiger partial charge >= 0.3 is 6.23 Å². The normalized spacial score (nSPS) is 12.6. The number of benzene rings is 2. The lowest BCUT2D eigenvalue weighted by atomic mass is 10.0. The molecule has 0 aliphatic carbocycles. The summed E-state index contributed by atoms with van der Waals surface area (Å²) in [5.74, 6) is 0. The first kappa shape index (κ1) is 9.61. The molecule has 0 aliphatic rings. The van der Waals surface area contributed by atoms with Crippen molar-refractivity contribution >= 4 is 10.8 Å². The van der Waals surface area contributed by atoms with Crippen LogP contribution in [0.25, 0.3) is 10.8 Å². The van der Waals surface area contributed by atoms with Crippen molar-refractivity contribution in [2.45, 2.75) is 6.23 Å². The summed E-state index contributed by atoms with van der Waals surface area (Å²) in [4.78, 5) is 9.62. The maximum atomic E-state index is 11.3. The predicted molar refractivity (Wildman–Crippen MR) is 54.4 cm³/mol. The van der Waals surface area contributed by atoms with Crippen LogP contribution >= 0.6 is 0 Å². The molecule has 0 fully saturated rings. The third kappa shape index (κ3) is 1.67. The monoisotopic (exact) mass is 202 g/mol. The Balaban J connectivity index is 2.65. The van der Waals surface area contributed by atoms with Crippen molar-refractivity contribution in [3.05, 3.63) is 58.1 Å². The molecule has 0 heterocycles. The highest BCUT2D eigenvalue weighted by molar-refractivity contribution is 5.85. The van der Waals surface area contributed by atoms with Crippen molar-refractivity contribution < 1.29 is 10.0 Å². The van der Waals surface area contributed by atoms with Gasteiger partial charge in [0.05, 0.1) is 10.5 Å². The van der Waals surface area contributed by atoms with E-state index >= 15 is 0 Å². The molecule has 0 aromatic heterocycles. The van der Waals surface area contributed by atoms with Crippen molar-refractivity contribution in [2.75, 3.05) is 0 Å². The first-order valence-corrected chi connectivity index (χ1v) is 4.47. The standard InChI is InChI=1S/C11H8NO3/c13-11(12(14)15)10-7-3-5-8-4-1-2-6-9(8)10/h1-7,11H. The van der Waals surface area contributed by atoms with Crippen LogP contribution in [0.3, 0.4) is 0 Å². The molecule has 2 aromatic carbocycles. The molecule has 1 atom stereocenters. The van der Waals surface area contributed by atoms with Gasteiger partial charge in [-0.2, -0.15) is 0 Å². The van der Waals surface area contributed by atoms with Gasteiger partial charge in [0.15, 0.2) is 0 Å². The predicted octanol–water partition coefficient (Wildman–Crippen LogP) is 2.55. The van der Waals surface area contributed by atoms with Crippen molar-refractivity contribution in [1.29, 1.82) is 0 Å². The second kappa shape index (κ2) is 3.67. The minimum absolute atomic E-state index is 0.220. The first-order valence-electron chi connectivity index (χ1n) is 4.47. The topological polar surface area (TPSA) is 63.0 Å². The van der Waals surface area contributed by atoms with Gasteiger partial charge in [-0.15, -0.1) is 5.11 Å². The number of fused-ring (bicyclic) bond motifs is 1. The van der Waals surface area contributed by atoms with Crippen LogP contribution in [0.15, 0.2) is 42.5 Å². The van der Waals surface area contributed by atoms with Crippen molar-refractivity contribution in [3.8, 4) is 0 Å². The molecule has 1 radical (unpaired) electrons. The Bertz CT molecular complexity index is 505. The summed E-state index contributed by atoms with van der Waals surface area (Å²) < 4.78 is 0. The number of hydrogen-bond donors (Lipinski definition) is 0. The Morgan fingerprint density at radius 2 is 1.73 bits per heavy atom. The number of hydrogen-bond acceptors (Lipinski definition) is 2. The van der Waals surface area contributed by atoms with Gasteiger partial charge in [-0.25, -0.2) is 0 Å². The molecular formula is C11H8NO3. The molecule has 0 aliphatic heterocycles. The van der Waals surface area contributed by atoms with Crippen molar-refractivity contribution in [1.82, 2.24) is 0 Å². The number of nitro groups is 1. The van der Waals surface area contributed by atoms with E-state index in [0.29, 0.717) is 5.39 Å². The van der Waals surface area contributed by atoms with E-state index in [0.717, 1.165) is 5.39 Å². The van der Waals surface area contributed by atoms with Gasteiger partial charge in [0, 0.05) is 0 Å². The van der Waals surface area contributed by atoms with Crippen LogP contribution in [-0.2, 0) is 5.11 Å². The van der Waals surface area contributed by atoms with E-state index in [4.69, 9.17) is 0 Å². The van der Waals surface area contributed by atoms with Gasteiger partial charge in [-0.1, -0.05) is 36.4 Å². The lowest BCUT2D eigenvalue weighted by molar-refractivity contribution is -0.589. The lowest BCUT2D eigenvalue weighted by Gasteiger charge is -2.05. The average molecular weight is 202 g/mol. The van der Waals surface area contributed by atoms with E-state index in [2.05, 4.69) is 0 Å². The molecule has 0 amide bonds. The number of rotatable bonds is 2. The van der Waals surface area contributed by atoms with Gasteiger partial charge in [0.2, 0.25) is 0 Å². The van der Waals surface area contributed by atoms with Gasteiger partial charge in [0.25, 0.3) is 0 Å². The van der Waals surface area contributed by atoms with E-state index in [1.165, 1.54) is 6.07 Å². The van der Waals surface area contributed by atoms with Crippen LogP contribution in [0.2, 0.25) is 0 Å². The molecule has 4 heteroatoms. The Hall–Kier alpha value is -1.94.